The monoisotopic (exact) mass is 363 g/mol. The van der Waals surface area contributed by atoms with Crippen LogP contribution in [0.3, 0.4) is 0 Å². The highest BCUT2D eigenvalue weighted by atomic mass is 19.4. The third kappa shape index (κ3) is 6.27. The molecule has 2 aromatic carbocycles. The highest BCUT2D eigenvalue weighted by Gasteiger charge is 2.31. The van der Waals surface area contributed by atoms with Crippen LogP contribution < -0.4 is 5.32 Å². The van der Waals surface area contributed by atoms with Crippen LogP contribution in [0.5, 0.6) is 0 Å². The summed E-state index contributed by atoms with van der Waals surface area (Å²) in [4.78, 5) is 11.6. The number of hydrogen-bond acceptors (Lipinski definition) is 2. The SMILES string of the molecule is Cc1cc(C=CCCNC(=O)OCc2ccccc2)ccc1C(F)(F)F. The number of carbonyl (C=O) groups excluding carboxylic acids is 1. The van der Waals surface area contributed by atoms with Crippen LogP contribution in [0.2, 0.25) is 0 Å². The van der Waals surface area contributed by atoms with Gasteiger partial charge in [-0.3, -0.25) is 0 Å². The minimum Gasteiger partial charge on any atom is -0.445 e. The zero-order chi connectivity index (χ0) is 19.0. The fourth-order valence-corrected chi connectivity index (χ4v) is 2.36. The van der Waals surface area contributed by atoms with Gasteiger partial charge in [-0.05, 0) is 36.1 Å². The molecule has 0 saturated heterocycles. The molecule has 0 aliphatic rings. The summed E-state index contributed by atoms with van der Waals surface area (Å²) in [6, 6.07) is 13.3. The van der Waals surface area contributed by atoms with Crippen LogP contribution in [0.1, 0.15) is 28.7 Å². The Morgan fingerprint density at radius 3 is 2.54 bits per heavy atom. The molecule has 1 amide bonds. The van der Waals surface area contributed by atoms with Crippen molar-refractivity contribution in [2.75, 3.05) is 6.54 Å². The van der Waals surface area contributed by atoms with Crippen LogP contribution in [0.25, 0.3) is 6.08 Å². The number of benzene rings is 2. The summed E-state index contributed by atoms with van der Waals surface area (Å²) in [6.07, 6.45) is -0.784. The maximum Gasteiger partial charge on any atom is 0.416 e. The Balaban J connectivity index is 1.72. The Hall–Kier alpha value is -2.76. The van der Waals surface area contributed by atoms with E-state index in [9.17, 15) is 18.0 Å². The number of halogens is 3. The minimum absolute atomic E-state index is 0.183. The molecule has 0 heterocycles. The topological polar surface area (TPSA) is 38.3 Å². The third-order valence-electron chi connectivity index (χ3n) is 3.66. The quantitative estimate of drug-likeness (QED) is 0.703. The molecule has 2 aromatic rings. The Bertz CT molecular complexity index is 755. The molecule has 0 aromatic heterocycles. The van der Waals surface area contributed by atoms with E-state index in [4.69, 9.17) is 4.74 Å². The van der Waals surface area contributed by atoms with E-state index in [0.29, 0.717) is 18.5 Å². The van der Waals surface area contributed by atoms with Crippen LogP contribution in [0.15, 0.2) is 54.6 Å². The lowest BCUT2D eigenvalue weighted by molar-refractivity contribution is -0.138. The van der Waals surface area contributed by atoms with Crippen LogP contribution in [0, 0.1) is 6.92 Å². The van der Waals surface area contributed by atoms with E-state index in [1.54, 1.807) is 12.2 Å². The van der Waals surface area contributed by atoms with E-state index in [-0.39, 0.29) is 12.2 Å². The van der Waals surface area contributed by atoms with Crippen molar-refractivity contribution in [3.05, 3.63) is 76.9 Å². The molecule has 0 atom stereocenters. The Morgan fingerprint density at radius 2 is 1.88 bits per heavy atom. The molecule has 0 unspecified atom stereocenters. The number of hydrogen-bond donors (Lipinski definition) is 1. The second kappa shape index (κ2) is 9.08. The zero-order valence-corrected chi connectivity index (χ0v) is 14.3. The Labute approximate surface area is 150 Å². The molecule has 3 nitrogen and oxygen atoms in total. The van der Waals surface area contributed by atoms with Gasteiger partial charge in [-0.25, -0.2) is 4.79 Å². The molecule has 0 spiro atoms. The minimum atomic E-state index is -4.34. The number of amides is 1. The molecule has 0 aliphatic carbocycles. The second-order valence-electron chi connectivity index (χ2n) is 5.75. The van der Waals surface area contributed by atoms with Crippen molar-refractivity contribution in [2.24, 2.45) is 0 Å². The predicted octanol–water partition coefficient (Wildman–Crippen LogP) is 5.34. The molecule has 6 heteroatoms. The summed E-state index contributed by atoms with van der Waals surface area (Å²) in [5.41, 5.74) is 1.14. The lowest BCUT2D eigenvalue weighted by Crippen LogP contribution is -2.24. The van der Waals surface area contributed by atoms with Gasteiger partial charge in [0.1, 0.15) is 6.61 Å². The number of rotatable bonds is 6. The highest BCUT2D eigenvalue weighted by Crippen LogP contribution is 2.32. The molecular formula is C20H20F3NO2. The number of carbonyl (C=O) groups is 1. The first-order chi connectivity index (χ1) is 12.4. The molecule has 2 rings (SSSR count). The van der Waals surface area contributed by atoms with Crippen LogP contribution >= 0.6 is 0 Å². The average molecular weight is 363 g/mol. The normalized spacial score (nSPS) is 11.5. The molecule has 0 radical (unpaired) electrons. The summed E-state index contributed by atoms with van der Waals surface area (Å²) >= 11 is 0. The maximum atomic E-state index is 12.7. The third-order valence-corrected chi connectivity index (χ3v) is 3.66. The van der Waals surface area contributed by atoms with Crippen LogP contribution in [-0.4, -0.2) is 12.6 Å². The summed E-state index contributed by atoms with van der Waals surface area (Å²) in [6.45, 7) is 2.02. The van der Waals surface area contributed by atoms with Crippen LogP contribution in [0.4, 0.5) is 18.0 Å². The molecule has 0 bridgehead atoms. The molecule has 26 heavy (non-hydrogen) atoms. The van der Waals surface area contributed by atoms with Gasteiger partial charge in [-0.1, -0.05) is 54.6 Å². The van der Waals surface area contributed by atoms with E-state index < -0.39 is 17.8 Å². The molecule has 0 fully saturated rings. The maximum absolute atomic E-state index is 12.7. The first-order valence-electron chi connectivity index (χ1n) is 8.15. The summed E-state index contributed by atoms with van der Waals surface area (Å²) in [7, 11) is 0. The standard InChI is InChI=1S/C20H20F3NO2/c1-15-13-16(10-11-18(15)20(21,22)23)7-5-6-12-24-19(25)26-14-17-8-3-2-4-9-17/h2-5,7-11,13H,6,12,14H2,1H3,(H,24,25). The van der Waals surface area contributed by atoms with Crippen molar-refractivity contribution in [1.82, 2.24) is 5.32 Å². The summed E-state index contributed by atoms with van der Waals surface area (Å²) < 4.78 is 43.2. The Morgan fingerprint density at radius 1 is 1.15 bits per heavy atom. The summed E-state index contributed by atoms with van der Waals surface area (Å²) in [5.74, 6) is 0. The lowest BCUT2D eigenvalue weighted by Gasteiger charge is -2.10. The number of alkyl halides is 3. The van der Waals surface area contributed by atoms with Crippen molar-refractivity contribution in [3.63, 3.8) is 0 Å². The van der Waals surface area contributed by atoms with Crippen LogP contribution in [-0.2, 0) is 17.5 Å². The predicted molar refractivity (Wildman–Crippen MR) is 94.5 cm³/mol. The fraction of sp³-hybridized carbons (Fsp3) is 0.250. The average Bonchev–Trinajstić information content (AvgIpc) is 2.59. The van der Waals surface area contributed by atoms with Gasteiger partial charge in [-0.2, -0.15) is 13.2 Å². The fourth-order valence-electron chi connectivity index (χ4n) is 2.36. The molecule has 0 saturated carbocycles. The van der Waals surface area contributed by atoms with Gasteiger partial charge >= 0.3 is 12.3 Å². The van der Waals surface area contributed by atoms with Crippen molar-refractivity contribution in [3.8, 4) is 0 Å². The van der Waals surface area contributed by atoms with Crippen molar-refractivity contribution in [2.45, 2.75) is 26.1 Å². The van der Waals surface area contributed by atoms with Gasteiger partial charge in [0, 0.05) is 6.54 Å². The smallest absolute Gasteiger partial charge is 0.416 e. The van der Waals surface area contributed by atoms with Gasteiger partial charge < -0.3 is 10.1 Å². The summed E-state index contributed by atoms with van der Waals surface area (Å²) in [5, 5.41) is 2.62. The van der Waals surface area contributed by atoms with Gasteiger partial charge in [0.25, 0.3) is 0 Å². The van der Waals surface area contributed by atoms with Crippen molar-refractivity contribution >= 4 is 12.2 Å². The van der Waals surface area contributed by atoms with E-state index in [1.807, 2.05) is 30.3 Å². The number of alkyl carbamates (subject to hydrolysis) is 1. The largest absolute Gasteiger partial charge is 0.445 e. The van der Waals surface area contributed by atoms with E-state index >= 15 is 0 Å². The first kappa shape index (κ1) is 19.6. The van der Waals surface area contributed by atoms with Gasteiger partial charge in [0.15, 0.2) is 0 Å². The molecule has 0 aliphatic heterocycles. The van der Waals surface area contributed by atoms with Crippen molar-refractivity contribution in [1.29, 1.82) is 0 Å². The van der Waals surface area contributed by atoms with E-state index in [0.717, 1.165) is 11.6 Å². The zero-order valence-electron chi connectivity index (χ0n) is 14.3. The molecule has 1 N–H and O–H groups in total. The highest BCUT2D eigenvalue weighted by molar-refractivity contribution is 5.67. The lowest BCUT2D eigenvalue weighted by atomic mass is 10.0. The van der Waals surface area contributed by atoms with Gasteiger partial charge in [-0.15, -0.1) is 0 Å². The van der Waals surface area contributed by atoms with Crippen molar-refractivity contribution < 1.29 is 22.7 Å². The van der Waals surface area contributed by atoms with E-state index in [1.165, 1.54) is 19.1 Å². The number of aryl methyl sites for hydroxylation is 1. The Kier molecular flexibility index (Phi) is 6.83. The number of nitrogens with one attached hydrogen (secondary N) is 1. The second-order valence-corrected chi connectivity index (χ2v) is 5.75. The van der Waals surface area contributed by atoms with Gasteiger partial charge in [0.05, 0.1) is 5.56 Å². The van der Waals surface area contributed by atoms with E-state index in [2.05, 4.69) is 5.32 Å². The van der Waals surface area contributed by atoms with Gasteiger partial charge in [0.2, 0.25) is 0 Å². The first-order valence-corrected chi connectivity index (χ1v) is 8.15. The molecule has 138 valence electrons. The number of ether oxygens (including phenoxy) is 1. The molecular weight excluding hydrogens is 343 g/mol.